The third-order valence-electron chi connectivity index (χ3n) is 3.15. The van der Waals surface area contributed by atoms with E-state index in [0.29, 0.717) is 11.5 Å². The number of alkyl halides is 1. The van der Waals surface area contributed by atoms with Crippen LogP contribution in [0.15, 0.2) is 42.5 Å². The van der Waals surface area contributed by atoms with Gasteiger partial charge in [0.05, 0.1) is 10.4 Å². The van der Waals surface area contributed by atoms with Crippen molar-refractivity contribution < 1.29 is 4.39 Å². The van der Waals surface area contributed by atoms with Crippen molar-refractivity contribution >= 4 is 23.2 Å². The van der Waals surface area contributed by atoms with E-state index in [4.69, 9.17) is 23.2 Å². The first-order valence-electron chi connectivity index (χ1n) is 6.65. The molecule has 0 bridgehead atoms. The molecule has 0 fully saturated rings. The first kappa shape index (κ1) is 15.3. The molecule has 3 heteroatoms. The lowest BCUT2D eigenvalue weighted by Gasteiger charge is -2.12. The maximum absolute atomic E-state index is 13.5. The Balaban J connectivity index is 2.20. The molecule has 1 atom stereocenters. The Morgan fingerprint density at radius 1 is 1.00 bits per heavy atom. The minimum absolute atomic E-state index is 0.116. The molecule has 20 heavy (non-hydrogen) atoms. The van der Waals surface area contributed by atoms with Crippen LogP contribution in [0.4, 0.5) is 4.39 Å². The average molecular weight is 311 g/mol. The molecular formula is C17H17Cl2F. The Hall–Kier alpha value is -1.05. The van der Waals surface area contributed by atoms with Gasteiger partial charge in [-0.05, 0) is 41.2 Å². The van der Waals surface area contributed by atoms with Crippen molar-refractivity contribution in [2.75, 3.05) is 0 Å². The second-order valence-corrected chi connectivity index (χ2v) is 6.22. The third-order valence-corrected chi connectivity index (χ3v) is 3.96. The zero-order chi connectivity index (χ0) is 14.7. The summed E-state index contributed by atoms with van der Waals surface area (Å²) < 4.78 is 13.5. The molecule has 0 saturated carbocycles. The van der Waals surface area contributed by atoms with Crippen molar-refractivity contribution in [1.29, 1.82) is 0 Å². The summed E-state index contributed by atoms with van der Waals surface area (Å²) in [4.78, 5) is 0. The van der Waals surface area contributed by atoms with E-state index in [2.05, 4.69) is 26.0 Å². The minimum atomic E-state index is -0.439. The lowest BCUT2D eigenvalue weighted by Crippen LogP contribution is -1.97. The average Bonchev–Trinajstić information content (AvgIpc) is 2.41. The van der Waals surface area contributed by atoms with Gasteiger partial charge in [0.25, 0.3) is 0 Å². The Morgan fingerprint density at radius 3 is 2.15 bits per heavy atom. The SMILES string of the molecule is CC(C)Cc1ccc(C(Cl)c2ccc(Cl)c(F)c2)cc1. The fraction of sp³-hybridized carbons (Fsp3) is 0.294. The lowest BCUT2D eigenvalue weighted by atomic mass is 9.99. The summed E-state index contributed by atoms with van der Waals surface area (Å²) >= 11 is 12.1. The highest BCUT2D eigenvalue weighted by Gasteiger charge is 2.13. The van der Waals surface area contributed by atoms with Crippen molar-refractivity contribution in [3.63, 3.8) is 0 Å². The van der Waals surface area contributed by atoms with Gasteiger partial charge in [-0.3, -0.25) is 0 Å². The van der Waals surface area contributed by atoms with E-state index < -0.39 is 5.82 Å². The van der Waals surface area contributed by atoms with Crippen LogP contribution < -0.4 is 0 Å². The maximum Gasteiger partial charge on any atom is 0.142 e. The van der Waals surface area contributed by atoms with Crippen molar-refractivity contribution in [3.05, 3.63) is 70.0 Å². The van der Waals surface area contributed by atoms with E-state index in [1.807, 2.05) is 12.1 Å². The highest BCUT2D eigenvalue weighted by Crippen LogP contribution is 2.31. The van der Waals surface area contributed by atoms with E-state index in [9.17, 15) is 4.39 Å². The van der Waals surface area contributed by atoms with Gasteiger partial charge in [0.15, 0.2) is 0 Å². The molecule has 2 aromatic rings. The first-order chi connectivity index (χ1) is 9.47. The molecule has 0 aromatic heterocycles. The van der Waals surface area contributed by atoms with Crippen LogP contribution in [0.1, 0.15) is 35.9 Å². The number of hydrogen-bond donors (Lipinski definition) is 0. The van der Waals surface area contributed by atoms with Gasteiger partial charge in [0, 0.05) is 0 Å². The Bertz CT molecular complexity index is 576. The van der Waals surface area contributed by atoms with Gasteiger partial charge in [0.1, 0.15) is 5.82 Å². The van der Waals surface area contributed by atoms with Crippen molar-refractivity contribution in [2.45, 2.75) is 25.6 Å². The highest BCUT2D eigenvalue weighted by molar-refractivity contribution is 6.30. The third kappa shape index (κ3) is 3.74. The van der Waals surface area contributed by atoms with Crippen LogP contribution in [-0.4, -0.2) is 0 Å². The minimum Gasteiger partial charge on any atom is -0.205 e. The quantitative estimate of drug-likeness (QED) is 0.607. The van der Waals surface area contributed by atoms with Crippen LogP contribution in [0.2, 0.25) is 5.02 Å². The smallest absolute Gasteiger partial charge is 0.142 e. The molecule has 2 rings (SSSR count). The summed E-state index contributed by atoms with van der Waals surface area (Å²) in [6.07, 6.45) is 1.04. The molecule has 0 amide bonds. The molecule has 0 N–H and O–H groups in total. The lowest BCUT2D eigenvalue weighted by molar-refractivity contribution is 0.626. The predicted molar refractivity (Wildman–Crippen MR) is 84.1 cm³/mol. The summed E-state index contributed by atoms with van der Waals surface area (Å²) in [5.74, 6) is 0.184. The molecule has 0 saturated heterocycles. The molecule has 2 aromatic carbocycles. The summed E-state index contributed by atoms with van der Waals surface area (Å²) in [5.41, 5.74) is 2.96. The number of rotatable bonds is 4. The molecule has 0 spiro atoms. The van der Waals surface area contributed by atoms with Crippen LogP contribution in [-0.2, 0) is 6.42 Å². The standard InChI is InChI=1S/C17H17Cl2F/c1-11(2)9-12-3-5-13(6-4-12)17(19)14-7-8-15(18)16(20)10-14/h3-8,10-11,17H,9H2,1-2H3. The zero-order valence-electron chi connectivity index (χ0n) is 11.5. The first-order valence-corrected chi connectivity index (χ1v) is 7.46. The molecule has 0 aliphatic rings. The zero-order valence-corrected chi connectivity index (χ0v) is 13.0. The van der Waals surface area contributed by atoms with Crippen LogP contribution >= 0.6 is 23.2 Å². The molecular weight excluding hydrogens is 294 g/mol. The van der Waals surface area contributed by atoms with E-state index >= 15 is 0 Å². The summed E-state index contributed by atoms with van der Waals surface area (Å²) in [6, 6.07) is 12.8. The van der Waals surface area contributed by atoms with Gasteiger partial charge in [-0.15, -0.1) is 11.6 Å². The number of hydrogen-bond acceptors (Lipinski definition) is 0. The fourth-order valence-corrected chi connectivity index (χ4v) is 2.56. The van der Waals surface area contributed by atoms with Crippen molar-refractivity contribution in [2.24, 2.45) is 5.92 Å². The van der Waals surface area contributed by atoms with Gasteiger partial charge in [-0.2, -0.15) is 0 Å². The van der Waals surface area contributed by atoms with Crippen LogP contribution in [0.25, 0.3) is 0 Å². The van der Waals surface area contributed by atoms with E-state index in [0.717, 1.165) is 12.0 Å². The second kappa shape index (κ2) is 6.60. The van der Waals surface area contributed by atoms with Crippen molar-refractivity contribution in [1.82, 2.24) is 0 Å². The summed E-state index contributed by atoms with van der Waals surface area (Å²) in [6.45, 7) is 4.38. The van der Waals surface area contributed by atoms with Crippen LogP contribution in [0, 0.1) is 11.7 Å². The largest absolute Gasteiger partial charge is 0.205 e. The van der Waals surface area contributed by atoms with Gasteiger partial charge < -0.3 is 0 Å². The van der Waals surface area contributed by atoms with E-state index in [1.54, 1.807) is 6.07 Å². The van der Waals surface area contributed by atoms with Gasteiger partial charge in [0.2, 0.25) is 0 Å². The molecule has 0 nitrogen and oxygen atoms in total. The number of benzene rings is 2. The summed E-state index contributed by atoms with van der Waals surface area (Å²) in [7, 11) is 0. The normalized spacial score (nSPS) is 12.7. The Labute approximate surface area is 129 Å². The van der Waals surface area contributed by atoms with Crippen LogP contribution in [0.3, 0.4) is 0 Å². The molecule has 106 valence electrons. The highest BCUT2D eigenvalue weighted by atomic mass is 35.5. The maximum atomic E-state index is 13.5. The molecule has 0 heterocycles. The van der Waals surface area contributed by atoms with Crippen molar-refractivity contribution in [3.8, 4) is 0 Å². The molecule has 0 aliphatic carbocycles. The van der Waals surface area contributed by atoms with E-state index in [-0.39, 0.29) is 10.4 Å². The van der Waals surface area contributed by atoms with Crippen LogP contribution in [0.5, 0.6) is 0 Å². The number of halogens is 3. The predicted octanol–water partition coefficient (Wildman–Crippen LogP) is 6.01. The molecule has 0 aliphatic heterocycles. The second-order valence-electron chi connectivity index (χ2n) is 5.38. The molecule has 1 unspecified atom stereocenters. The summed E-state index contributed by atoms with van der Waals surface area (Å²) in [5, 5.41) is -0.250. The fourth-order valence-electron chi connectivity index (χ4n) is 2.16. The van der Waals surface area contributed by atoms with E-state index in [1.165, 1.54) is 17.7 Å². The van der Waals surface area contributed by atoms with Gasteiger partial charge in [-0.1, -0.05) is 55.8 Å². The monoisotopic (exact) mass is 310 g/mol. The Morgan fingerprint density at radius 2 is 1.60 bits per heavy atom. The Kier molecular flexibility index (Phi) is 5.06. The van der Waals surface area contributed by atoms with Gasteiger partial charge in [-0.25, -0.2) is 4.39 Å². The molecule has 0 radical (unpaired) electrons. The van der Waals surface area contributed by atoms with Gasteiger partial charge >= 0.3 is 0 Å². The topological polar surface area (TPSA) is 0 Å².